The molecule has 1 unspecified atom stereocenters. The van der Waals surface area contributed by atoms with Crippen molar-refractivity contribution in [3.05, 3.63) is 18.2 Å². The number of nitrogens with zero attached hydrogens (tertiary/aromatic N) is 1. The molecular weight excluding hydrogens is 224 g/mol. The molecule has 1 aromatic rings. The highest BCUT2D eigenvalue weighted by molar-refractivity contribution is 8.00. The monoisotopic (exact) mass is 236 g/mol. The predicted molar refractivity (Wildman–Crippen MR) is 65.9 cm³/mol. The highest BCUT2D eigenvalue weighted by Gasteiger charge is 2.22. The normalized spacial score (nSPS) is 18.6. The van der Waals surface area contributed by atoms with Gasteiger partial charge in [0.15, 0.2) is 5.96 Å². The Bertz CT molecular complexity index is 468. The molecule has 0 bridgehead atoms. The van der Waals surface area contributed by atoms with E-state index in [1.165, 1.54) is 11.8 Å². The van der Waals surface area contributed by atoms with Gasteiger partial charge in [-0.2, -0.15) is 0 Å². The van der Waals surface area contributed by atoms with Crippen molar-refractivity contribution in [3.8, 4) is 0 Å². The summed E-state index contributed by atoms with van der Waals surface area (Å²) in [6, 6.07) is 5.47. The maximum atomic E-state index is 11.5. The minimum Gasteiger partial charge on any atom is -0.370 e. The summed E-state index contributed by atoms with van der Waals surface area (Å²) in [4.78, 5) is 16.4. The van der Waals surface area contributed by atoms with Crippen LogP contribution in [0, 0.1) is 0 Å². The number of carbonyl (C=O) groups is 1. The number of benzene rings is 1. The fourth-order valence-electron chi connectivity index (χ4n) is 1.42. The molecule has 2 rings (SSSR count). The van der Waals surface area contributed by atoms with Crippen molar-refractivity contribution in [2.24, 2.45) is 16.5 Å². The molecule has 1 aromatic carbocycles. The number of nitrogens with two attached hydrogens (primary N) is 2. The number of rotatable bonds is 1. The van der Waals surface area contributed by atoms with Gasteiger partial charge in [0.2, 0.25) is 5.91 Å². The Kier molecular flexibility index (Phi) is 2.74. The summed E-state index contributed by atoms with van der Waals surface area (Å²) in [6.07, 6.45) is 0. The zero-order valence-corrected chi connectivity index (χ0v) is 9.54. The molecule has 0 aromatic heterocycles. The fraction of sp³-hybridized carbons (Fsp3) is 0.200. The van der Waals surface area contributed by atoms with Gasteiger partial charge in [-0.1, -0.05) is 0 Å². The molecule has 1 amide bonds. The molecule has 0 aliphatic carbocycles. The van der Waals surface area contributed by atoms with Gasteiger partial charge < -0.3 is 16.8 Å². The molecule has 0 saturated carbocycles. The summed E-state index contributed by atoms with van der Waals surface area (Å²) in [6.45, 7) is 1.87. The third-order valence-corrected chi connectivity index (χ3v) is 3.33. The molecule has 1 aliphatic heterocycles. The van der Waals surface area contributed by atoms with E-state index in [1.807, 2.05) is 19.1 Å². The van der Waals surface area contributed by atoms with Crippen LogP contribution in [0.4, 0.5) is 11.4 Å². The number of carbonyl (C=O) groups excluding carboxylic acids is 1. The van der Waals surface area contributed by atoms with Crippen LogP contribution in [0.1, 0.15) is 6.92 Å². The Balaban J connectivity index is 2.36. The second kappa shape index (κ2) is 4.05. The van der Waals surface area contributed by atoms with Gasteiger partial charge >= 0.3 is 0 Å². The SMILES string of the molecule is CC1Sc2ccc(N=C(N)N)cc2NC1=O. The van der Waals surface area contributed by atoms with E-state index in [4.69, 9.17) is 11.5 Å². The average Bonchev–Trinajstić information content (AvgIpc) is 2.19. The molecule has 6 heteroatoms. The number of thioether (sulfide) groups is 1. The second-order valence-electron chi connectivity index (χ2n) is 3.47. The Morgan fingerprint density at radius 2 is 2.25 bits per heavy atom. The van der Waals surface area contributed by atoms with Crippen molar-refractivity contribution in [1.29, 1.82) is 0 Å². The highest BCUT2D eigenvalue weighted by Crippen LogP contribution is 2.37. The lowest BCUT2D eigenvalue weighted by molar-refractivity contribution is -0.115. The smallest absolute Gasteiger partial charge is 0.237 e. The lowest BCUT2D eigenvalue weighted by Gasteiger charge is -2.21. The van der Waals surface area contributed by atoms with E-state index in [0.717, 1.165) is 10.6 Å². The molecule has 0 fully saturated rings. The van der Waals surface area contributed by atoms with Crippen LogP contribution >= 0.6 is 11.8 Å². The third-order valence-electron chi connectivity index (χ3n) is 2.15. The standard InChI is InChI=1S/C10H12N4OS/c1-5-9(15)14-7-4-6(13-10(11)12)2-3-8(7)16-5/h2-5H,1H3,(H,14,15)(H4,11,12,13). The first-order chi connectivity index (χ1) is 7.56. The van der Waals surface area contributed by atoms with E-state index in [-0.39, 0.29) is 17.1 Å². The first-order valence-electron chi connectivity index (χ1n) is 4.77. The van der Waals surface area contributed by atoms with Gasteiger partial charge in [0.1, 0.15) is 0 Å². The average molecular weight is 236 g/mol. The lowest BCUT2D eigenvalue weighted by Crippen LogP contribution is -2.26. The van der Waals surface area contributed by atoms with Crippen molar-refractivity contribution in [2.75, 3.05) is 5.32 Å². The van der Waals surface area contributed by atoms with Crippen LogP contribution in [0.3, 0.4) is 0 Å². The fourth-order valence-corrected chi connectivity index (χ4v) is 2.35. The van der Waals surface area contributed by atoms with Gasteiger partial charge in [-0.15, -0.1) is 11.8 Å². The molecule has 0 spiro atoms. The van der Waals surface area contributed by atoms with Gasteiger partial charge in [-0.05, 0) is 25.1 Å². The number of aliphatic imine (C=N–C) groups is 1. The summed E-state index contributed by atoms with van der Waals surface area (Å²) in [5.74, 6) is 0.00228. The van der Waals surface area contributed by atoms with Gasteiger partial charge in [-0.25, -0.2) is 4.99 Å². The Labute approximate surface area is 97.3 Å². The quantitative estimate of drug-likeness (QED) is 0.501. The van der Waals surface area contributed by atoms with Gasteiger partial charge in [-0.3, -0.25) is 4.79 Å². The van der Waals surface area contributed by atoms with Gasteiger partial charge in [0, 0.05) is 4.90 Å². The molecule has 5 N–H and O–H groups in total. The summed E-state index contributed by atoms with van der Waals surface area (Å²) < 4.78 is 0. The zero-order valence-electron chi connectivity index (χ0n) is 8.73. The van der Waals surface area contributed by atoms with Crippen LogP contribution in [0.15, 0.2) is 28.1 Å². The zero-order chi connectivity index (χ0) is 11.7. The highest BCUT2D eigenvalue weighted by atomic mass is 32.2. The molecule has 1 heterocycles. The second-order valence-corrected chi connectivity index (χ2v) is 4.85. The van der Waals surface area contributed by atoms with Crippen LogP contribution in [0.25, 0.3) is 0 Å². The molecule has 1 aliphatic rings. The third kappa shape index (κ3) is 2.11. The number of fused-ring (bicyclic) bond motifs is 1. The molecule has 0 saturated heterocycles. The Morgan fingerprint density at radius 1 is 1.50 bits per heavy atom. The largest absolute Gasteiger partial charge is 0.370 e. The van der Waals surface area contributed by atoms with Crippen LogP contribution in [-0.2, 0) is 4.79 Å². The number of hydrogen-bond donors (Lipinski definition) is 3. The van der Waals surface area contributed by atoms with Crippen molar-refractivity contribution in [2.45, 2.75) is 17.1 Å². The van der Waals surface area contributed by atoms with Crippen molar-refractivity contribution in [3.63, 3.8) is 0 Å². The van der Waals surface area contributed by atoms with Crippen molar-refractivity contribution in [1.82, 2.24) is 0 Å². The van der Waals surface area contributed by atoms with E-state index in [1.54, 1.807) is 6.07 Å². The van der Waals surface area contributed by atoms with Gasteiger partial charge in [0.05, 0.1) is 16.6 Å². The number of guanidine groups is 1. The van der Waals surface area contributed by atoms with E-state index >= 15 is 0 Å². The van der Waals surface area contributed by atoms with Crippen LogP contribution in [-0.4, -0.2) is 17.1 Å². The van der Waals surface area contributed by atoms with E-state index < -0.39 is 0 Å². The minimum absolute atomic E-state index is 0.000602. The Morgan fingerprint density at radius 3 is 2.94 bits per heavy atom. The molecule has 0 radical (unpaired) electrons. The first kappa shape index (κ1) is 10.8. The summed E-state index contributed by atoms with van der Waals surface area (Å²) >= 11 is 1.52. The number of amides is 1. The topological polar surface area (TPSA) is 93.5 Å². The van der Waals surface area contributed by atoms with E-state index in [0.29, 0.717) is 5.69 Å². The van der Waals surface area contributed by atoms with Crippen LogP contribution in [0.2, 0.25) is 0 Å². The minimum atomic E-state index is -0.0681. The first-order valence-corrected chi connectivity index (χ1v) is 5.65. The summed E-state index contributed by atoms with van der Waals surface area (Å²) in [5.41, 5.74) is 12.0. The van der Waals surface area contributed by atoms with E-state index in [2.05, 4.69) is 10.3 Å². The molecule has 1 atom stereocenters. The molecule has 16 heavy (non-hydrogen) atoms. The van der Waals surface area contributed by atoms with Gasteiger partial charge in [0.25, 0.3) is 0 Å². The number of nitrogens with one attached hydrogen (secondary N) is 1. The molecular formula is C10H12N4OS. The van der Waals surface area contributed by atoms with E-state index in [9.17, 15) is 4.79 Å². The van der Waals surface area contributed by atoms with Crippen molar-refractivity contribution < 1.29 is 4.79 Å². The summed E-state index contributed by atoms with van der Waals surface area (Å²) in [5, 5.41) is 2.74. The predicted octanol–water partition coefficient (Wildman–Crippen LogP) is 1.02. The maximum Gasteiger partial charge on any atom is 0.237 e. The summed E-state index contributed by atoms with van der Waals surface area (Å²) in [7, 11) is 0. The van der Waals surface area contributed by atoms with Crippen molar-refractivity contribution >= 4 is 35.0 Å². The lowest BCUT2D eigenvalue weighted by atomic mass is 10.2. The number of anilines is 1. The van der Waals surface area contributed by atoms with Crippen LogP contribution < -0.4 is 16.8 Å². The maximum absolute atomic E-state index is 11.5. The van der Waals surface area contributed by atoms with Crippen LogP contribution in [0.5, 0.6) is 0 Å². The number of hydrogen-bond acceptors (Lipinski definition) is 3. The molecule has 84 valence electrons. The Hall–Kier alpha value is -1.69. The molecule has 5 nitrogen and oxygen atoms in total.